The van der Waals surface area contributed by atoms with E-state index in [0.29, 0.717) is 0 Å². The van der Waals surface area contributed by atoms with Crippen molar-refractivity contribution in [2.45, 2.75) is 53.9 Å². The maximum atomic E-state index is 7.00. The number of hydrogen-bond acceptors (Lipinski definition) is 4. The van der Waals surface area contributed by atoms with Crippen molar-refractivity contribution < 1.29 is 5.11 Å². The molecule has 5 heteroatoms. The van der Waals surface area contributed by atoms with Crippen molar-refractivity contribution in [3.63, 3.8) is 0 Å². The van der Waals surface area contributed by atoms with Crippen LogP contribution in [0.2, 0.25) is 0 Å². The molecular weight excluding hydrogens is 348 g/mol. The Morgan fingerprint density at radius 1 is 0.964 bits per heavy atom. The van der Waals surface area contributed by atoms with Crippen LogP contribution in [0.4, 0.5) is 5.82 Å². The molecule has 0 amide bonds. The molecule has 3 heterocycles. The molecular formula is C23H36N4O. The molecule has 0 unspecified atom stereocenters. The number of aliphatic hydroxyl groups is 1. The maximum Gasteiger partial charge on any atom is 0.128 e. The van der Waals surface area contributed by atoms with Gasteiger partial charge in [0.2, 0.25) is 0 Å². The standard InChI is InChI=1S/C18H22N4.C4H10.CH4O/c1-6-14-13(7-8-16(20-14)22(4)5)17-11(2)9-15-18(21-17)12(3)10-19-15;1-3-4-2;1-2/h7-10,19H,6H2,1-5H3;3-4H2,1-2H3;2H,1H3. The van der Waals surface area contributed by atoms with Crippen LogP contribution < -0.4 is 4.90 Å². The van der Waals surface area contributed by atoms with Gasteiger partial charge in [-0.2, -0.15) is 0 Å². The van der Waals surface area contributed by atoms with E-state index in [2.05, 4.69) is 57.8 Å². The highest BCUT2D eigenvalue weighted by Crippen LogP contribution is 2.29. The third kappa shape index (κ3) is 5.55. The second kappa shape index (κ2) is 11.4. The molecule has 0 saturated heterocycles. The molecule has 5 nitrogen and oxygen atoms in total. The van der Waals surface area contributed by atoms with E-state index in [0.717, 1.165) is 47.3 Å². The number of unbranched alkanes of at least 4 members (excludes halogenated alkanes) is 1. The molecule has 154 valence electrons. The van der Waals surface area contributed by atoms with Gasteiger partial charge in [-0.05, 0) is 49.6 Å². The number of hydrogen-bond donors (Lipinski definition) is 2. The van der Waals surface area contributed by atoms with Gasteiger partial charge in [0.05, 0.1) is 22.4 Å². The van der Waals surface area contributed by atoms with E-state index in [-0.39, 0.29) is 0 Å². The first-order valence-corrected chi connectivity index (χ1v) is 10.00. The zero-order valence-electron chi connectivity index (χ0n) is 18.7. The summed E-state index contributed by atoms with van der Waals surface area (Å²) in [5.41, 5.74) is 7.73. The smallest absolute Gasteiger partial charge is 0.128 e. The summed E-state index contributed by atoms with van der Waals surface area (Å²) in [4.78, 5) is 15.0. The molecule has 0 saturated carbocycles. The first kappa shape index (κ1) is 23.6. The first-order chi connectivity index (χ1) is 13.4. The minimum atomic E-state index is 0.891. The van der Waals surface area contributed by atoms with Gasteiger partial charge in [-0.1, -0.05) is 33.6 Å². The lowest BCUT2D eigenvalue weighted by atomic mass is 10.0. The summed E-state index contributed by atoms with van der Waals surface area (Å²) in [7, 11) is 5.03. The summed E-state index contributed by atoms with van der Waals surface area (Å²) >= 11 is 0. The number of aromatic nitrogens is 3. The number of rotatable bonds is 4. The highest BCUT2D eigenvalue weighted by atomic mass is 16.2. The number of anilines is 1. The van der Waals surface area contributed by atoms with Gasteiger partial charge in [-0.15, -0.1) is 0 Å². The molecule has 0 fully saturated rings. The van der Waals surface area contributed by atoms with Crippen molar-refractivity contribution in [2.24, 2.45) is 0 Å². The Morgan fingerprint density at radius 2 is 1.61 bits per heavy atom. The predicted octanol–water partition coefficient (Wildman–Crippen LogP) is 5.29. The number of nitrogens with one attached hydrogen (secondary N) is 1. The van der Waals surface area contributed by atoms with E-state index >= 15 is 0 Å². The van der Waals surface area contributed by atoms with Crippen LogP contribution in [0.25, 0.3) is 22.3 Å². The number of aryl methyl sites for hydroxylation is 3. The minimum Gasteiger partial charge on any atom is -0.400 e. The van der Waals surface area contributed by atoms with Crippen molar-refractivity contribution in [1.29, 1.82) is 0 Å². The van der Waals surface area contributed by atoms with Crippen LogP contribution in [0.3, 0.4) is 0 Å². The second-order valence-corrected chi connectivity index (χ2v) is 6.93. The fraction of sp³-hybridized carbons (Fsp3) is 0.478. The van der Waals surface area contributed by atoms with Gasteiger partial charge in [0.15, 0.2) is 0 Å². The molecule has 28 heavy (non-hydrogen) atoms. The Bertz CT molecular complexity index is 866. The molecule has 0 radical (unpaired) electrons. The molecule has 3 rings (SSSR count). The Balaban J connectivity index is 0.000000583. The van der Waals surface area contributed by atoms with Crippen molar-refractivity contribution in [3.05, 3.63) is 41.2 Å². The van der Waals surface area contributed by atoms with Crippen LogP contribution >= 0.6 is 0 Å². The summed E-state index contributed by atoms with van der Waals surface area (Å²) in [5, 5.41) is 7.00. The summed E-state index contributed by atoms with van der Waals surface area (Å²) in [6.07, 6.45) is 5.54. The van der Waals surface area contributed by atoms with Gasteiger partial charge < -0.3 is 15.0 Å². The maximum absolute atomic E-state index is 7.00. The molecule has 0 spiro atoms. The van der Waals surface area contributed by atoms with Crippen molar-refractivity contribution >= 4 is 16.9 Å². The molecule has 0 atom stereocenters. The second-order valence-electron chi connectivity index (χ2n) is 6.93. The van der Waals surface area contributed by atoms with Crippen LogP contribution in [0.5, 0.6) is 0 Å². The number of fused-ring (bicyclic) bond motifs is 1. The number of H-pyrrole nitrogens is 1. The average molecular weight is 385 g/mol. The number of pyridine rings is 2. The van der Waals surface area contributed by atoms with E-state index in [4.69, 9.17) is 15.1 Å². The fourth-order valence-electron chi connectivity index (χ4n) is 2.78. The lowest BCUT2D eigenvalue weighted by Gasteiger charge is -2.15. The zero-order valence-corrected chi connectivity index (χ0v) is 18.7. The van der Waals surface area contributed by atoms with E-state index in [1.54, 1.807) is 0 Å². The Morgan fingerprint density at radius 3 is 2.14 bits per heavy atom. The van der Waals surface area contributed by atoms with Crippen molar-refractivity contribution in [1.82, 2.24) is 15.0 Å². The van der Waals surface area contributed by atoms with Crippen LogP contribution in [0, 0.1) is 13.8 Å². The number of aromatic amines is 1. The molecule has 0 aliphatic carbocycles. The molecule has 2 N–H and O–H groups in total. The molecule has 0 aromatic carbocycles. The van der Waals surface area contributed by atoms with Gasteiger partial charge in [-0.3, -0.25) is 0 Å². The number of nitrogens with zero attached hydrogens (tertiary/aromatic N) is 3. The Kier molecular flexibility index (Phi) is 9.66. The Hall–Kier alpha value is -2.40. The van der Waals surface area contributed by atoms with Crippen molar-refractivity contribution in [3.8, 4) is 11.3 Å². The van der Waals surface area contributed by atoms with E-state index < -0.39 is 0 Å². The summed E-state index contributed by atoms with van der Waals surface area (Å²) in [6, 6.07) is 6.37. The van der Waals surface area contributed by atoms with Gasteiger partial charge >= 0.3 is 0 Å². The molecule has 0 aliphatic rings. The van der Waals surface area contributed by atoms with Crippen LogP contribution in [0.1, 0.15) is 50.4 Å². The minimum absolute atomic E-state index is 0.891. The highest BCUT2D eigenvalue weighted by Gasteiger charge is 2.13. The number of aliphatic hydroxyl groups excluding tert-OH is 1. The van der Waals surface area contributed by atoms with E-state index in [1.807, 2.05) is 25.2 Å². The van der Waals surface area contributed by atoms with Gasteiger partial charge in [0.25, 0.3) is 0 Å². The largest absolute Gasteiger partial charge is 0.400 e. The van der Waals surface area contributed by atoms with Gasteiger partial charge in [0.1, 0.15) is 5.82 Å². The molecule has 3 aromatic rings. The topological polar surface area (TPSA) is 65.0 Å². The SMILES string of the molecule is CCCC.CCc1nc(N(C)C)ccc1-c1nc2c(C)c[nH]c2cc1C.CO. The summed E-state index contributed by atoms with van der Waals surface area (Å²) in [6.45, 7) is 10.7. The predicted molar refractivity (Wildman–Crippen MR) is 121 cm³/mol. The van der Waals surface area contributed by atoms with E-state index in [9.17, 15) is 0 Å². The normalized spacial score (nSPS) is 10.0. The van der Waals surface area contributed by atoms with Crippen LogP contribution in [0.15, 0.2) is 24.4 Å². The van der Waals surface area contributed by atoms with Crippen LogP contribution in [-0.4, -0.2) is 41.3 Å². The molecule has 0 aliphatic heterocycles. The van der Waals surface area contributed by atoms with Gasteiger partial charge in [0, 0.05) is 33.0 Å². The monoisotopic (exact) mass is 384 g/mol. The lowest BCUT2D eigenvalue weighted by molar-refractivity contribution is 0.399. The van der Waals surface area contributed by atoms with Crippen LogP contribution in [-0.2, 0) is 6.42 Å². The quantitative estimate of drug-likeness (QED) is 0.642. The summed E-state index contributed by atoms with van der Waals surface area (Å²) < 4.78 is 0. The average Bonchev–Trinajstić information content (AvgIpc) is 3.08. The zero-order chi connectivity index (χ0) is 21.3. The summed E-state index contributed by atoms with van der Waals surface area (Å²) in [5.74, 6) is 0.983. The first-order valence-electron chi connectivity index (χ1n) is 10.00. The highest BCUT2D eigenvalue weighted by molar-refractivity contribution is 5.83. The lowest BCUT2D eigenvalue weighted by Crippen LogP contribution is -2.12. The molecule has 3 aromatic heterocycles. The fourth-order valence-corrected chi connectivity index (χ4v) is 2.78. The van der Waals surface area contributed by atoms with Crippen molar-refractivity contribution in [2.75, 3.05) is 26.1 Å². The third-order valence-electron chi connectivity index (χ3n) is 4.54. The van der Waals surface area contributed by atoms with Gasteiger partial charge in [-0.25, -0.2) is 9.97 Å². The Labute approximate surface area is 169 Å². The molecule has 0 bridgehead atoms. The third-order valence-corrected chi connectivity index (χ3v) is 4.54. The van der Waals surface area contributed by atoms with E-state index in [1.165, 1.54) is 24.0 Å².